The van der Waals surface area contributed by atoms with Gasteiger partial charge >= 0.3 is 6.09 Å². The molecule has 1 amide bonds. The van der Waals surface area contributed by atoms with Crippen molar-refractivity contribution in [3.63, 3.8) is 0 Å². The van der Waals surface area contributed by atoms with E-state index in [4.69, 9.17) is 18.9 Å². The Morgan fingerprint density at radius 2 is 1.20 bits per heavy atom. The maximum atomic E-state index is 13.4. The molecule has 3 aromatic rings. The highest BCUT2D eigenvalue weighted by molar-refractivity contribution is 5.76. The van der Waals surface area contributed by atoms with Crippen LogP contribution in [0.4, 0.5) is 4.79 Å². The molecule has 0 radical (unpaired) electrons. The molecule has 1 saturated heterocycles. The summed E-state index contributed by atoms with van der Waals surface area (Å²) in [5, 5.41) is 0. The van der Waals surface area contributed by atoms with Gasteiger partial charge in [0.15, 0.2) is 0 Å². The zero-order valence-corrected chi connectivity index (χ0v) is 24.4. The van der Waals surface area contributed by atoms with E-state index in [1.54, 1.807) is 11.8 Å². The standard InChI is InChI=1S/C34H41NO6/c1-25(36)20-29-31(38-23-27-16-10-6-11-17-27)32(39-24-28-18-12-7-13-19-28)30(40-29)22-35(33(37)41-34(2,3)4)21-26-14-8-5-9-15-26/h5-19,29-32H,20-24H2,1-4H3/t29-,30-,31+,32-/m1/s1. The number of carbonyl (C=O) groups excluding carboxylic acids is 2. The molecule has 7 nitrogen and oxygen atoms in total. The predicted octanol–water partition coefficient (Wildman–Crippen LogP) is 6.34. The van der Waals surface area contributed by atoms with E-state index < -0.39 is 36.1 Å². The van der Waals surface area contributed by atoms with E-state index in [9.17, 15) is 9.59 Å². The average molecular weight is 560 g/mol. The van der Waals surface area contributed by atoms with E-state index >= 15 is 0 Å². The number of amides is 1. The second-order valence-electron chi connectivity index (χ2n) is 11.5. The van der Waals surface area contributed by atoms with Crippen LogP contribution in [0.15, 0.2) is 91.0 Å². The van der Waals surface area contributed by atoms with Gasteiger partial charge < -0.3 is 23.8 Å². The Kier molecular flexibility index (Phi) is 10.7. The molecule has 0 aromatic heterocycles. The lowest BCUT2D eigenvalue weighted by Crippen LogP contribution is -2.45. The highest BCUT2D eigenvalue weighted by Crippen LogP contribution is 2.32. The molecule has 0 unspecified atom stereocenters. The molecule has 0 saturated carbocycles. The first-order chi connectivity index (χ1) is 19.7. The van der Waals surface area contributed by atoms with Crippen LogP contribution < -0.4 is 0 Å². The van der Waals surface area contributed by atoms with Crippen LogP contribution in [0.25, 0.3) is 0 Å². The Hall–Kier alpha value is -3.52. The van der Waals surface area contributed by atoms with E-state index in [1.807, 2.05) is 112 Å². The third-order valence-corrected chi connectivity index (χ3v) is 6.73. The number of rotatable bonds is 12. The van der Waals surface area contributed by atoms with Crippen LogP contribution >= 0.6 is 0 Å². The Labute approximate surface area is 243 Å². The van der Waals surface area contributed by atoms with Gasteiger partial charge in [0.2, 0.25) is 0 Å². The van der Waals surface area contributed by atoms with Gasteiger partial charge in [-0.05, 0) is 44.4 Å². The third-order valence-electron chi connectivity index (χ3n) is 6.73. The molecule has 4 rings (SSSR count). The van der Waals surface area contributed by atoms with Crippen molar-refractivity contribution in [3.05, 3.63) is 108 Å². The summed E-state index contributed by atoms with van der Waals surface area (Å²) in [6, 6.07) is 29.5. The molecule has 1 aliphatic rings. The highest BCUT2D eigenvalue weighted by atomic mass is 16.6. The lowest BCUT2D eigenvalue weighted by molar-refractivity contribution is -0.122. The van der Waals surface area contributed by atoms with Crippen molar-refractivity contribution in [1.82, 2.24) is 4.90 Å². The highest BCUT2D eigenvalue weighted by Gasteiger charge is 2.47. The Bertz CT molecular complexity index is 1230. The molecular formula is C34H41NO6. The summed E-state index contributed by atoms with van der Waals surface area (Å²) in [6.45, 7) is 8.33. The van der Waals surface area contributed by atoms with Crippen molar-refractivity contribution in [2.45, 2.75) is 83.9 Å². The van der Waals surface area contributed by atoms with Gasteiger partial charge in [-0.15, -0.1) is 0 Å². The van der Waals surface area contributed by atoms with Crippen LogP contribution in [0.3, 0.4) is 0 Å². The second-order valence-corrected chi connectivity index (χ2v) is 11.5. The molecule has 7 heteroatoms. The fraction of sp³-hybridized carbons (Fsp3) is 0.412. The van der Waals surface area contributed by atoms with Crippen LogP contribution in [0, 0.1) is 0 Å². The van der Waals surface area contributed by atoms with E-state index in [2.05, 4.69) is 0 Å². The third kappa shape index (κ3) is 9.52. The molecule has 1 fully saturated rings. The quantitative estimate of drug-likeness (QED) is 0.258. The van der Waals surface area contributed by atoms with Crippen molar-refractivity contribution in [2.75, 3.05) is 6.54 Å². The number of benzene rings is 3. The minimum Gasteiger partial charge on any atom is -0.444 e. The van der Waals surface area contributed by atoms with E-state index in [1.165, 1.54) is 0 Å². The molecular weight excluding hydrogens is 518 g/mol. The van der Waals surface area contributed by atoms with E-state index in [0.29, 0.717) is 19.8 Å². The molecule has 0 N–H and O–H groups in total. The maximum absolute atomic E-state index is 13.4. The topological polar surface area (TPSA) is 74.3 Å². The normalized spacial score (nSPS) is 20.5. The molecule has 41 heavy (non-hydrogen) atoms. The summed E-state index contributed by atoms with van der Waals surface area (Å²) < 4.78 is 25.2. The molecule has 1 heterocycles. The van der Waals surface area contributed by atoms with Crippen molar-refractivity contribution >= 4 is 11.9 Å². The first-order valence-electron chi connectivity index (χ1n) is 14.2. The molecule has 0 aliphatic carbocycles. The summed E-state index contributed by atoms with van der Waals surface area (Å²) in [6.07, 6.45) is -2.34. The minimum atomic E-state index is -0.662. The minimum absolute atomic E-state index is 0.000876. The summed E-state index contributed by atoms with van der Waals surface area (Å²) in [5.74, 6) is -0.000876. The zero-order valence-electron chi connectivity index (χ0n) is 24.4. The van der Waals surface area contributed by atoms with Crippen molar-refractivity contribution in [2.24, 2.45) is 0 Å². The van der Waals surface area contributed by atoms with Crippen LogP contribution in [0.2, 0.25) is 0 Å². The first-order valence-corrected chi connectivity index (χ1v) is 14.2. The lowest BCUT2D eigenvalue weighted by Gasteiger charge is -2.31. The number of ether oxygens (including phenoxy) is 4. The number of Topliss-reactive ketones (excluding diaryl/α,β-unsaturated/α-hetero) is 1. The fourth-order valence-corrected chi connectivity index (χ4v) is 4.89. The largest absolute Gasteiger partial charge is 0.444 e. The molecule has 0 spiro atoms. The summed E-state index contributed by atoms with van der Waals surface area (Å²) >= 11 is 0. The smallest absolute Gasteiger partial charge is 0.410 e. The Balaban J connectivity index is 1.61. The second kappa shape index (κ2) is 14.4. The molecule has 1 aliphatic heterocycles. The number of nitrogens with zero attached hydrogens (tertiary/aromatic N) is 1. The van der Waals surface area contributed by atoms with Crippen molar-refractivity contribution in [3.8, 4) is 0 Å². The number of hydrogen-bond donors (Lipinski definition) is 0. The molecule has 0 bridgehead atoms. The summed E-state index contributed by atoms with van der Waals surface area (Å²) in [5.41, 5.74) is 2.33. The predicted molar refractivity (Wildman–Crippen MR) is 157 cm³/mol. The fourth-order valence-electron chi connectivity index (χ4n) is 4.89. The van der Waals surface area contributed by atoms with Gasteiger partial charge in [-0.2, -0.15) is 0 Å². The van der Waals surface area contributed by atoms with Crippen LogP contribution in [-0.4, -0.2) is 53.3 Å². The van der Waals surface area contributed by atoms with Gasteiger partial charge in [-0.1, -0.05) is 91.0 Å². The SMILES string of the molecule is CC(=O)C[C@H]1O[C@H](CN(Cc2ccccc2)C(=O)OC(C)(C)C)[C@@H](OCc2ccccc2)[C@H]1OCc1ccccc1. The maximum Gasteiger partial charge on any atom is 0.410 e. The Morgan fingerprint density at radius 3 is 1.66 bits per heavy atom. The first kappa shape index (κ1) is 30.4. The van der Waals surface area contributed by atoms with Crippen LogP contribution in [0.1, 0.15) is 50.8 Å². The Morgan fingerprint density at radius 1 is 0.732 bits per heavy atom. The van der Waals surface area contributed by atoms with E-state index in [-0.39, 0.29) is 18.7 Å². The molecule has 4 atom stereocenters. The molecule has 3 aromatic carbocycles. The van der Waals surface area contributed by atoms with Crippen LogP contribution in [-0.2, 0) is 43.5 Å². The monoisotopic (exact) mass is 559 g/mol. The van der Waals surface area contributed by atoms with Crippen molar-refractivity contribution < 1.29 is 28.5 Å². The molecule has 218 valence electrons. The average Bonchev–Trinajstić information content (AvgIpc) is 3.25. The summed E-state index contributed by atoms with van der Waals surface area (Å²) in [7, 11) is 0. The van der Waals surface area contributed by atoms with Gasteiger partial charge in [0.25, 0.3) is 0 Å². The number of carbonyl (C=O) groups is 2. The van der Waals surface area contributed by atoms with Crippen LogP contribution in [0.5, 0.6) is 0 Å². The number of ketones is 1. The van der Waals surface area contributed by atoms with Gasteiger partial charge in [0.05, 0.1) is 25.9 Å². The number of hydrogen-bond acceptors (Lipinski definition) is 6. The summed E-state index contributed by atoms with van der Waals surface area (Å²) in [4.78, 5) is 27.3. The lowest BCUT2D eigenvalue weighted by atomic mass is 10.0. The van der Waals surface area contributed by atoms with Gasteiger partial charge in [-0.3, -0.25) is 4.79 Å². The zero-order chi connectivity index (χ0) is 29.2. The van der Waals surface area contributed by atoms with E-state index in [0.717, 1.165) is 16.7 Å². The van der Waals surface area contributed by atoms with Gasteiger partial charge in [0, 0.05) is 13.0 Å². The van der Waals surface area contributed by atoms with Crippen molar-refractivity contribution in [1.29, 1.82) is 0 Å². The van der Waals surface area contributed by atoms with Gasteiger partial charge in [0.1, 0.15) is 29.7 Å². The van der Waals surface area contributed by atoms with Gasteiger partial charge in [-0.25, -0.2) is 4.79 Å².